The van der Waals surface area contributed by atoms with Crippen LogP contribution in [-0.2, 0) is 20.6 Å². The molecule has 4 rings (SSSR count). The monoisotopic (exact) mass is 468 g/mol. The highest BCUT2D eigenvalue weighted by Gasteiger charge is 2.17. The van der Waals surface area contributed by atoms with E-state index in [0.29, 0.717) is 28.0 Å². The van der Waals surface area contributed by atoms with Crippen molar-refractivity contribution < 1.29 is 28.1 Å². The summed E-state index contributed by atoms with van der Waals surface area (Å²) in [5, 5.41) is 0.435. The predicted molar refractivity (Wildman–Crippen MR) is 129 cm³/mol. The second-order valence-corrected chi connectivity index (χ2v) is 8.32. The van der Waals surface area contributed by atoms with Crippen LogP contribution in [0.3, 0.4) is 0 Å². The molecule has 0 saturated carbocycles. The van der Waals surface area contributed by atoms with E-state index in [1.165, 1.54) is 32.5 Å². The van der Waals surface area contributed by atoms with E-state index in [1.54, 1.807) is 12.1 Å². The fourth-order valence-corrected chi connectivity index (χ4v) is 4.12. The van der Waals surface area contributed by atoms with Gasteiger partial charge in [-0.2, -0.15) is 0 Å². The van der Waals surface area contributed by atoms with Crippen molar-refractivity contribution in [3.8, 4) is 22.6 Å². The van der Waals surface area contributed by atoms with E-state index < -0.39 is 0 Å². The number of methoxy groups -OCH3 is 2. The molecule has 2 heterocycles. The van der Waals surface area contributed by atoms with Crippen molar-refractivity contribution >= 4 is 11.0 Å². The van der Waals surface area contributed by atoms with Crippen molar-refractivity contribution in [2.45, 2.75) is 44.8 Å². The molecule has 3 aromatic rings. The molecular formula is C27H32O7. The normalized spacial score (nSPS) is 16.0. The molecule has 1 fully saturated rings. The number of hydrogen-bond donors (Lipinski definition) is 0. The molecule has 2 aromatic carbocycles. The molecule has 34 heavy (non-hydrogen) atoms. The molecule has 1 saturated heterocycles. The Morgan fingerprint density at radius 1 is 1.03 bits per heavy atom. The molecule has 1 aromatic heterocycles. The maximum Gasteiger partial charge on any atom is 0.204 e. The largest absolute Gasteiger partial charge is 0.490 e. The molecule has 0 aliphatic carbocycles. The first-order valence-corrected chi connectivity index (χ1v) is 11.8. The molecule has 0 amide bonds. The Bertz CT molecular complexity index is 1110. The lowest BCUT2D eigenvalue weighted by Crippen LogP contribution is -2.22. The third-order valence-corrected chi connectivity index (χ3v) is 5.96. The molecule has 7 nitrogen and oxygen atoms in total. The third-order valence-electron chi connectivity index (χ3n) is 5.96. The van der Waals surface area contributed by atoms with Gasteiger partial charge in [-0.1, -0.05) is 24.3 Å². The Labute approximate surface area is 199 Å². The topological polar surface area (TPSA) is 76.4 Å². The molecule has 1 unspecified atom stereocenters. The fraction of sp³-hybridized carbons (Fsp3) is 0.444. The average Bonchev–Trinajstić information content (AvgIpc) is 2.88. The van der Waals surface area contributed by atoms with Crippen LogP contribution in [0.2, 0.25) is 0 Å². The lowest BCUT2D eigenvalue weighted by atomic mass is 10.0. The molecule has 0 radical (unpaired) electrons. The van der Waals surface area contributed by atoms with Crippen molar-refractivity contribution in [3.63, 3.8) is 0 Å². The van der Waals surface area contributed by atoms with Crippen LogP contribution in [0.4, 0.5) is 0 Å². The van der Waals surface area contributed by atoms with Gasteiger partial charge in [0.05, 0.1) is 18.1 Å². The first-order chi connectivity index (χ1) is 16.7. The number of rotatable bonds is 11. The lowest BCUT2D eigenvalue weighted by Gasteiger charge is -2.22. The first kappa shape index (κ1) is 24.3. The third kappa shape index (κ3) is 5.78. The van der Waals surface area contributed by atoms with Crippen molar-refractivity contribution in [3.05, 3.63) is 58.4 Å². The minimum atomic E-state index is -0.118. The minimum Gasteiger partial charge on any atom is -0.490 e. The second-order valence-electron chi connectivity index (χ2n) is 8.32. The van der Waals surface area contributed by atoms with E-state index in [-0.39, 0.29) is 18.5 Å². The average molecular weight is 469 g/mol. The second kappa shape index (κ2) is 12.0. The number of unbranched alkanes of at least 4 members (excludes halogenated alkanes) is 1. The Hall–Kier alpha value is -2.87. The number of hydrogen-bond acceptors (Lipinski definition) is 7. The molecule has 0 bridgehead atoms. The van der Waals surface area contributed by atoms with Crippen molar-refractivity contribution in [1.82, 2.24) is 0 Å². The summed E-state index contributed by atoms with van der Waals surface area (Å²) >= 11 is 0. The molecule has 0 spiro atoms. The zero-order valence-corrected chi connectivity index (χ0v) is 19.8. The Kier molecular flexibility index (Phi) is 8.57. The summed E-state index contributed by atoms with van der Waals surface area (Å²) in [5.74, 6) is 0.821. The van der Waals surface area contributed by atoms with Gasteiger partial charge in [0.25, 0.3) is 0 Å². The van der Waals surface area contributed by atoms with Gasteiger partial charge in [0.15, 0.2) is 24.4 Å². The van der Waals surface area contributed by atoms with Crippen LogP contribution in [0.15, 0.2) is 51.9 Å². The zero-order chi connectivity index (χ0) is 23.8. The highest BCUT2D eigenvalue weighted by Crippen LogP contribution is 2.35. The number of aryl methyl sites for hydroxylation is 1. The Morgan fingerprint density at radius 2 is 1.88 bits per heavy atom. The van der Waals surface area contributed by atoms with E-state index in [0.717, 1.165) is 50.9 Å². The maximum absolute atomic E-state index is 13.2. The minimum absolute atomic E-state index is 0.0221. The lowest BCUT2D eigenvalue weighted by molar-refractivity contribution is -0.162. The number of fused-ring (bicyclic) bond motifs is 1. The van der Waals surface area contributed by atoms with Crippen LogP contribution in [0.5, 0.6) is 11.5 Å². The van der Waals surface area contributed by atoms with Crippen LogP contribution in [0.25, 0.3) is 22.1 Å². The van der Waals surface area contributed by atoms with Gasteiger partial charge in [0.2, 0.25) is 11.2 Å². The van der Waals surface area contributed by atoms with E-state index in [4.69, 9.17) is 28.1 Å². The van der Waals surface area contributed by atoms with Gasteiger partial charge in [-0.25, -0.2) is 0 Å². The van der Waals surface area contributed by atoms with Gasteiger partial charge in [0.1, 0.15) is 6.26 Å². The summed E-state index contributed by atoms with van der Waals surface area (Å²) < 4.78 is 33.1. The van der Waals surface area contributed by atoms with Gasteiger partial charge < -0.3 is 28.1 Å². The van der Waals surface area contributed by atoms with Crippen molar-refractivity contribution in [2.75, 3.05) is 34.2 Å². The molecule has 7 heteroatoms. The van der Waals surface area contributed by atoms with Gasteiger partial charge in [-0.3, -0.25) is 4.79 Å². The van der Waals surface area contributed by atoms with Crippen LogP contribution in [0.1, 0.15) is 37.7 Å². The van der Waals surface area contributed by atoms with E-state index in [9.17, 15) is 4.79 Å². The summed E-state index contributed by atoms with van der Waals surface area (Å²) in [6, 6.07) is 11.4. The smallest absolute Gasteiger partial charge is 0.204 e. The fourth-order valence-electron chi connectivity index (χ4n) is 4.12. The highest BCUT2D eigenvalue weighted by molar-refractivity contribution is 5.88. The van der Waals surface area contributed by atoms with E-state index in [1.807, 2.05) is 12.1 Å². The molecule has 0 N–H and O–H groups in total. The quantitative estimate of drug-likeness (QED) is 0.279. The molecule has 182 valence electrons. The summed E-state index contributed by atoms with van der Waals surface area (Å²) in [5.41, 5.74) is 2.78. The van der Waals surface area contributed by atoms with E-state index >= 15 is 0 Å². The van der Waals surface area contributed by atoms with E-state index in [2.05, 4.69) is 12.1 Å². The van der Waals surface area contributed by atoms with Gasteiger partial charge in [-0.15, -0.1) is 0 Å². The summed E-state index contributed by atoms with van der Waals surface area (Å²) in [4.78, 5) is 13.2. The number of ether oxygens (including phenoxy) is 5. The summed E-state index contributed by atoms with van der Waals surface area (Å²) in [6.45, 7) is 1.60. The molecule has 1 atom stereocenters. The van der Waals surface area contributed by atoms with Crippen LogP contribution >= 0.6 is 0 Å². The summed E-state index contributed by atoms with van der Waals surface area (Å²) in [7, 11) is 3.05. The molecular weight excluding hydrogens is 436 g/mol. The van der Waals surface area contributed by atoms with Crippen LogP contribution in [-0.4, -0.2) is 40.5 Å². The Morgan fingerprint density at radius 3 is 2.62 bits per heavy atom. The van der Waals surface area contributed by atoms with Gasteiger partial charge >= 0.3 is 0 Å². The highest BCUT2D eigenvalue weighted by atomic mass is 16.7. The van der Waals surface area contributed by atoms with Crippen molar-refractivity contribution in [1.29, 1.82) is 0 Å². The SMILES string of the molecule is COCOc1ccc2c(=O)c(-c3ccc(CCCCOC4CCCCO4)cc3)coc2c1OC. The van der Waals surface area contributed by atoms with Gasteiger partial charge in [-0.05, 0) is 61.8 Å². The van der Waals surface area contributed by atoms with Crippen LogP contribution < -0.4 is 14.9 Å². The maximum atomic E-state index is 13.2. The standard InChI is InChI=1S/C27H32O7/c1-29-18-34-23-14-13-21-25(28)22(17-33-26(21)27(23)30-2)20-11-9-19(10-12-20)7-3-5-15-31-24-8-4-6-16-32-24/h9-14,17,24H,3-8,15-16,18H2,1-2H3. The Balaban J connectivity index is 1.39. The molecule has 1 aliphatic rings. The van der Waals surface area contributed by atoms with Crippen molar-refractivity contribution in [2.24, 2.45) is 0 Å². The zero-order valence-electron chi connectivity index (χ0n) is 19.8. The number of benzene rings is 2. The first-order valence-electron chi connectivity index (χ1n) is 11.8. The van der Waals surface area contributed by atoms with Gasteiger partial charge in [0, 0.05) is 20.3 Å². The summed E-state index contributed by atoms with van der Waals surface area (Å²) in [6.07, 6.45) is 7.77. The van der Waals surface area contributed by atoms with Crippen LogP contribution in [0, 0.1) is 0 Å². The predicted octanol–water partition coefficient (Wildman–Crippen LogP) is 5.32. The molecule has 1 aliphatic heterocycles.